The summed E-state index contributed by atoms with van der Waals surface area (Å²) in [5.41, 5.74) is 3.60. The molecule has 0 saturated heterocycles. The van der Waals surface area contributed by atoms with Crippen LogP contribution in [0.15, 0.2) is 82.6 Å². The Kier molecular flexibility index (Phi) is 5.72. The van der Waals surface area contributed by atoms with Gasteiger partial charge in [0.25, 0.3) is 0 Å². The van der Waals surface area contributed by atoms with Gasteiger partial charge in [0.2, 0.25) is 0 Å². The molecule has 29 heavy (non-hydrogen) atoms. The number of methoxy groups -OCH3 is 1. The van der Waals surface area contributed by atoms with E-state index < -0.39 is 0 Å². The molecule has 0 fully saturated rings. The van der Waals surface area contributed by atoms with Gasteiger partial charge in [-0.15, -0.1) is 0 Å². The maximum Gasteiger partial charge on any atom is 0.308 e. The first-order valence-electron chi connectivity index (χ1n) is 9.54. The van der Waals surface area contributed by atoms with Gasteiger partial charge in [-0.2, -0.15) is 0 Å². The van der Waals surface area contributed by atoms with Gasteiger partial charge in [-0.3, -0.25) is 4.79 Å². The van der Waals surface area contributed by atoms with Gasteiger partial charge >= 0.3 is 5.97 Å². The lowest BCUT2D eigenvalue weighted by Gasteiger charge is -2.25. The maximum absolute atomic E-state index is 11.7. The number of carbonyl (C=O) groups excluding carboxylic acids is 1. The highest BCUT2D eigenvalue weighted by molar-refractivity contribution is 7.99. The third-order valence-electron chi connectivity index (χ3n) is 4.96. The van der Waals surface area contributed by atoms with E-state index >= 15 is 0 Å². The van der Waals surface area contributed by atoms with E-state index in [1.807, 2.05) is 36.4 Å². The lowest BCUT2D eigenvalue weighted by atomic mass is 9.82. The summed E-state index contributed by atoms with van der Waals surface area (Å²) in [6.07, 6.45) is 5.28. The van der Waals surface area contributed by atoms with Crippen molar-refractivity contribution in [2.75, 3.05) is 7.11 Å². The van der Waals surface area contributed by atoms with E-state index in [2.05, 4.69) is 42.5 Å². The largest absolute Gasteiger partial charge is 0.497 e. The molecule has 3 nitrogen and oxygen atoms in total. The van der Waals surface area contributed by atoms with E-state index in [1.54, 1.807) is 18.9 Å². The van der Waals surface area contributed by atoms with Crippen molar-refractivity contribution in [2.24, 2.45) is 0 Å². The molecule has 0 amide bonds. The zero-order valence-electron chi connectivity index (χ0n) is 16.4. The third-order valence-corrected chi connectivity index (χ3v) is 6.09. The molecule has 3 aromatic rings. The molecule has 0 radical (unpaired) electrons. The Morgan fingerprint density at radius 3 is 2.45 bits per heavy atom. The monoisotopic (exact) mass is 402 g/mol. The molecule has 0 bridgehead atoms. The number of esters is 1. The number of hydrogen-bond acceptors (Lipinski definition) is 4. The Morgan fingerprint density at radius 2 is 1.76 bits per heavy atom. The number of rotatable bonds is 5. The first-order chi connectivity index (χ1) is 14.2. The van der Waals surface area contributed by atoms with Crippen LogP contribution in [0.2, 0.25) is 0 Å². The van der Waals surface area contributed by atoms with Crippen LogP contribution in [0.3, 0.4) is 0 Å². The second-order valence-corrected chi connectivity index (χ2v) is 7.95. The molecular weight excluding hydrogens is 380 g/mol. The summed E-state index contributed by atoms with van der Waals surface area (Å²) < 4.78 is 10.8. The van der Waals surface area contributed by atoms with Crippen LogP contribution in [0.25, 0.3) is 6.08 Å². The molecule has 0 aromatic heterocycles. The fraction of sp³-hybridized carbons (Fsp3) is 0.160. The highest BCUT2D eigenvalue weighted by Gasteiger charge is 2.24. The van der Waals surface area contributed by atoms with Gasteiger partial charge in [-0.05, 0) is 53.4 Å². The van der Waals surface area contributed by atoms with E-state index in [4.69, 9.17) is 9.47 Å². The Morgan fingerprint density at radius 1 is 1.00 bits per heavy atom. The average molecular weight is 403 g/mol. The fourth-order valence-electron chi connectivity index (χ4n) is 3.62. The van der Waals surface area contributed by atoms with Gasteiger partial charge in [0.05, 0.1) is 12.0 Å². The normalized spacial score (nSPS) is 14.9. The summed E-state index contributed by atoms with van der Waals surface area (Å²) in [7, 11) is 1.68. The highest BCUT2D eigenvalue weighted by Crippen LogP contribution is 2.45. The van der Waals surface area contributed by atoms with Crippen LogP contribution in [0.5, 0.6) is 11.5 Å². The lowest BCUT2D eigenvalue weighted by Crippen LogP contribution is -2.09. The van der Waals surface area contributed by atoms with Crippen molar-refractivity contribution in [2.45, 2.75) is 29.1 Å². The van der Waals surface area contributed by atoms with Crippen molar-refractivity contribution < 1.29 is 14.3 Å². The number of hydrogen-bond donors (Lipinski definition) is 0. The van der Waals surface area contributed by atoms with Gasteiger partial charge in [0.1, 0.15) is 11.5 Å². The Balaban J connectivity index is 1.79. The van der Waals surface area contributed by atoms with E-state index in [0.717, 1.165) is 27.5 Å². The summed E-state index contributed by atoms with van der Waals surface area (Å²) in [4.78, 5) is 13.7. The van der Waals surface area contributed by atoms with E-state index in [9.17, 15) is 4.79 Å². The minimum Gasteiger partial charge on any atom is -0.497 e. The molecule has 0 spiro atoms. The van der Waals surface area contributed by atoms with Crippen molar-refractivity contribution in [3.05, 3.63) is 89.5 Å². The van der Waals surface area contributed by atoms with Gasteiger partial charge in [0.15, 0.2) is 0 Å². The third kappa shape index (κ3) is 4.22. The van der Waals surface area contributed by atoms with Gasteiger partial charge in [-0.1, -0.05) is 60.3 Å². The molecule has 4 heteroatoms. The molecule has 1 atom stereocenters. The van der Waals surface area contributed by atoms with E-state index in [-0.39, 0.29) is 11.9 Å². The quantitative estimate of drug-likeness (QED) is 0.369. The molecule has 146 valence electrons. The summed E-state index contributed by atoms with van der Waals surface area (Å²) in [6, 6.07) is 22.4. The smallest absolute Gasteiger partial charge is 0.308 e. The molecule has 0 saturated carbocycles. The summed E-state index contributed by atoms with van der Waals surface area (Å²) >= 11 is 1.63. The van der Waals surface area contributed by atoms with Crippen LogP contribution in [0.4, 0.5) is 0 Å². The van der Waals surface area contributed by atoms with Crippen molar-refractivity contribution in [1.29, 1.82) is 0 Å². The first-order valence-corrected chi connectivity index (χ1v) is 10.4. The first kappa shape index (κ1) is 19.3. The van der Waals surface area contributed by atoms with Crippen molar-refractivity contribution in [3.8, 4) is 11.5 Å². The number of fused-ring (bicyclic) bond motifs is 1. The predicted octanol–water partition coefficient (Wildman–Crippen LogP) is 6.32. The summed E-state index contributed by atoms with van der Waals surface area (Å²) in [6.45, 7) is 1.44. The van der Waals surface area contributed by atoms with Crippen molar-refractivity contribution in [1.82, 2.24) is 0 Å². The second-order valence-electron chi connectivity index (χ2n) is 6.87. The van der Waals surface area contributed by atoms with Gasteiger partial charge in [0, 0.05) is 17.7 Å². The molecular formula is C25H22O3S. The topological polar surface area (TPSA) is 35.5 Å². The number of carbonyl (C=O) groups is 1. The number of ether oxygens (including phenoxy) is 2. The predicted molar refractivity (Wildman–Crippen MR) is 117 cm³/mol. The van der Waals surface area contributed by atoms with Crippen molar-refractivity contribution >= 4 is 23.8 Å². The van der Waals surface area contributed by atoms with Crippen LogP contribution in [-0.4, -0.2) is 13.1 Å². The number of benzene rings is 3. The molecule has 0 heterocycles. The second kappa shape index (κ2) is 8.58. The molecule has 3 aromatic carbocycles. The lowest BCUT2D eigenvalue weighted by molar-refractivity contribution is -0.132. The van der Waals surface area contributed by atoms with E-state index in [0.29, 0.717) is 5.75 Å². The summed E-state index contributed by atoms with van der Waals surface area (Å²) in [5.74, 6) is 1.39. The highest BCUT2D eigenvalue weighted by atomic mass is 32.2. The van der Waals surface area contributed by atoms with Crippen LogP contribution in [0.1, 0.15) is 36.0 Å². The standard InChI is InChI=1S/C25H22O3S/c1-17(26)28-24-16-15-22-21(18-11-13-19(27-2)14-12-18)9-6-10-23(22)25(24)29-20-7-4-3-5-8-20/h3-8,10-16,21H,9H2,1-2H3. The minimum atomic E-state index is -0.314. The average Bonchev–Trinajstić information content (AvgIpc) is 2.75. The van der Waals surface area contributed by atoms with Crippen LogP contribution >= 0.6 is 11.8 Å². The molecule has 1 aliphatic carbocycles. The minimum absolute atomic E-state index is 0.252. The molecule has 1 unspecified atom stereocenters. The molecule has 0 aliphatic heterocycles. The SMILES string of the molecule is COc1ccc(C2CC=Cc3c2ccc(OC(C)=O)c3Sc2ccccc2)cc1. The van der Waals surface area contributed by atoms with Gasteiger partial charge < -0.3 is 9.47 Å². The molecule has 0 N–H and O–H groups in total. The zero-order valence-corrected chi connectivity index (χ0v) is 17.2. The Hall–Kier alpha value is -2.98. The molecule has 4 rings (SSSR count). The van der Waals surface area contributed by atoms with Gasteiger partial charge in [-0.25, -0.2) is 0 Å². The Bertz CT molecular complexity index is 1040. The summed E-state index contributed by atoms with van der Waals surface area (Å²) in [5, 5.41) is 0. The fourth-order valence-corrected chi connectivity index (χ4v) is 4.65. The molecule has 1 aliphatic rings. The van der Waals surface area contributed by atoms with E-state index in [1.165, 1.54) is 18.1 Å². The van der Waals surface area contributed by atoms with Crippen LogP contribution in [0, 0.1) is 0 Å². The van der Waals surface area contributed by atoms with Crippen LogP contribution in [-0.2, 0) is 4.79 Å². The zero-order chi connectivity index (χ0) is 20.2. The van der Waals surface area contributed by atoms with Crippen LogP contribution < -0.4 is 9.47 Å². The maximum atomic E-state index is 11.7. The Labute approximate surface area is 175 Å². The number of allylic oxidation sites excluding steroid dienone is 1. The van der Waals surface area contributed by atoms with Crippen molar-refractivity contribution in [3.63, 3.8) is 0 Å².